The number of amides is 2. The quantitative estimate of drug-likeness (QED) is 0.586. The highest BCUT2D eigenvalue weighted by atomic mass is 32.2. The predicted octanol–water partition coefficient (Wildman–Crippen LogP) is 4.81. The first kappa shape index (κ1) is 19.1. The molecule has 0 unspecified atom stereocenters. The summed E-state index contributed by atoms with van der Waals surface area (Å²) in [5, 5.41) is 8.04. The largest absolute Gasteiger partial charge is 0.326 e. The molecular formula is C20H19N3O2S2. The highest BCUT2D eigenvalue weighted by molar-refractivity contribution is 8.00. The molecule has 0 saturated heterocycles. The van der Waals surface area contributed by atoms with Crippen LogP contribution in [-0.4, -0.2) is 22.6 Å². The van der Waals surface area contributed by atoms with Gasteiger partial charge in [0.05, 0.1) is 11.4 Å². The van der Waals surface area contributed by atoms with Crippen molar-refractivity contribution in [1.82, 2.24) is 4.98 Å². The van der Waals surface area contributed by atoms with E-state index in [-0.39, 0.29) is 11.8 Å². The zero-order valence-corrected chi connectivity index (χ0v) is 16.6. The van der Waals surface area contributed by atoms with Gasteiger partial charge in [-0.25, -0.2) is 4.98 Å². The molecule has 2 aromatic carbocycles. The van der Waals surface area contributed by atoms with Gasteiger partial charge >= 0.3 is 0 Å². The molecule has 0 radical (unpaired) electrons. The molecule has 1 heterocycles. The maximum absolute atomic E-state index is 12.1. The monoisotopic (exact) mass is 397 g/mol. The Bertz CT molecular complexity index is 935. The van der Waals surface area contributed by atoms with Crippen molar-refractivity contribution < 1.29 is 9.59 Å². The average Bonchev–Trinajstić information content (AvgIpc) is 3.10. The van der Waals surface area contributed by atoms with E-state index < -0.39 is 0 Å². The molecule has 3 rings (SSSR count). The van der Waals surface area contributed by atoms with Gasteiger partial charge in [-0.3, -0.25) is 9.59 Å². The van der Waals surface area contributed by atoms with Crippen molar-refractivity contribution in [2.75, 3.05) is 16.4 Å². The summed E-state index contributed by atoms with van der Waals surface area (Å²) < 4.78 is 0. The number of anilines is 2. The predicted molar refractivity (Wildman–Crippen MR) is 112 cm³/mol. The standard InChI is InChI=1S/C20H19N3O2S2/c1-13-3-9-17(10-4-13)26-12-19(25)23-20-22-18(11-27-20)15-5-7-16(8-6-15)21-14(2)24/h3-11H,12H2,1-2H3,(H,21,24)(H,22,23,25). The highest BCUT2D eigenvalue weighted by Gasteiger charge is 2.09. The van der Waals surface area contributed by atoms with Crippen LogP contribution in [-0.2, 0) is 9.59 Å². The number of hydrogen-bond donors (Lipinski definition) is 2. The molecule has 0 saturated carbocycles. The van der Waals surface area contributed by atoms with Crippen LogP contribution in [0.1, 0.15) is 12.5 Å². The number of aromatic nitrogens is 1. The van der Waals surface area contributed by atoms with Crippen LogP contribution in [0.3, 0.4) is 0 Å². The van der Waals surface area contributed by atoms with Crippen molar-refractivity contribution in [2.45, 2.75) is 18.7 Å². The van der Waals surface area contributed by atoms with Crippen LogP contribution >= 0.6 is 23.1 Å². The van der Waals surface area contributed by atoms with Gasteiger partial charge in [0.2, 0.25) is 11.8 Å². The fraction of sp³-hybridized carbons (Fsp3) is 0.150. The number of carbonyl (C=O) groups excluding carboxylic acids is 2. The molecule has 3 aromatic rings. The Balaban J connectivity index is 1.56. The number of thioether (sulfide) groups is 1. The number of thiazole rings is 1. The minimum absolute atomic E-state index is 0.0810. The Hall–Kier alpha value is -2.64. The molecule has 5 nitrogen and oxygen atoms in total. The smallest absolute Gasteiger partial charge is 0.236 e. The Kier molecular flexibility index (Phi) is 6.26. The van der Waals surface area contributed by atoms with E-state index in [4.69, 9.17) is 0 Å². The molecule has 138 valence electrons. The third kappa shape index (κ3) is 5.67. The molecule has 0 atom stereocenters. The van der Waals surface area contributed by atoms with Crippen LogP contribution in [0, 0.1) is 6.92 Å². The SMILES string of the molecule is CC(=O)Nc1ccc(-c2csc(NC(=O)CSc3ccc(C)cc3)n2)cc1. The molecule has 0 aliphatic rings. The molecule has 2 amide bonds. The number of carbonyl (C=O) groups is 2. The first-order valence-corrected chi connectivity index (χ1v) is 10.2. The first-order chi connectivity index (χ1) is 13.0. The highest BCUT2D eigenvalue weighted by Crippen LogP contribution is 2.26. The summed E-state index contributed by atoms with van der Waals surface area (Å²) in [5.74, 6) is 0.149. The maximum Gasteiger partial charge on any atom is 0.236 e. The molecule has 27 heavy (non-hydrogen) atoms. The van der Waals surface area contributed by atoms with Crippen molar-refractivity contribution in [3.05, 3.63) is 59.5 Å². The van der Waals surface area contributed by atoms with E-state index in [1.54, 1.807) is 0 Å². The Morgan fingerprint density at radius 1 is 1.04 bits per heavy atom. The fourth-order valence-electron chi connectivity index (χ4n) is 2.33. The second-order valence-corrected chi connectivity index (χ2v) is 7.85. The van der Waals surface area contributed by atoms with Crippen LogP contribution in [0.2, 0.25) is 0 Å². The summed E-state index contributed by atoms with van der Waals surface area (Å²) in [6.07, 6.45) is 0. The van der Waals surface area contributed by atoms with Crippen molar-refractivity contribution in [3.8, 4) is 11.3 Å². The normalized spacial score (nSPS) is 10.4. The average molecular weight is 398 g/mol. The van der Waals surface area contributed by atoms with E-state index in [0.29, 0.717) is 10.9 Å². The number of aryl methyl sites for hydroxylation is 1. The summed E-state index contributed by atoms with van der Waals surface area (Å²) in [5.41, 5.74) is 3.65. The van der Waals surface area contributed by atoms with Crippen molar-refractivity contribution >= 4 is 45.7 Å². The zero-order valence-electron chi connectivity index (χ0n) is 15.0. The van der Waals surface area contributed by atoms with Crippen molar-refractivity contribution in [3.63, 3.8) is 0 Å². The van der Waals surface area contributed by atoms with Crippen LogP contribution in [0.4, 0.5) is 10.8 Å². The van der Waals surface area contributed by atoms with Crippen LogP contribution in [0.15, 0.2) is 58.8 Å². The Morgan fingerprint density at radius 2 is 1.74 bits per heavy atom. The molecular weight excluding hydrogens is 378 g/mol. The van der Waals surface area contributed by atoms with Gasteiger partial charge in [0.15, 0.2) is 5.13 Å². The molecule has 0 spiro atoms. The third-order valence-corrected chi connectivity index (χ3v) is 5.41. The summed E-state index contributed by atoms with van der Waals surface area (Å²) in [7, 11) is 0. The number of benzene rings is 2. The molecule has 0 fully saturated rings. The lowest BCUT2D eigenvalue weighted by Gasteiger charge is -2.03. The number of nitrogens with zero attached hydrogens (tertiary/aromatic N) is 1. The molecule has 7 heteroatoms. The van der Waals surface area contributed by atoms with Gasteiger partial charge in [-0.05, 0) is 31.2 Å². The van der Waals surface area contributed by atoms with E-state index >= 15 is 0 Å². The van der Waals surface area contributed by atoms with Gasteiger partial charge in [-0.15, -0.1) is 23.1 Å². The van der Waals surface area contributed by atoms with E-state index in [1.807, 2.05) is 60.8 Å². The van der Waals surface area contributed by atoms with Gasteiger partial charge in [0.1, 0.15) is 0 Å². The maximum atomic E-state index is 12.1. The second-order valence-electron chi connectivity index (χ2n) is 5.95. The van der Waals surface area contributed by atoms with E-state index in [9.17, 15) is 9.59 Å². The Morgan fingerprint density at radius 3 is 2.41 bits per heavy atom. The Labute approximate surface area is 166 Å². The molecule has 1 aromatic heterocycles. The van der Waals surface area contributed by atoms with Crippen LogP contribution < -0.4 is 10.6 Å². The van der Waals surface area contributed by atoms with Gasteiger partial charge in [-0.1, -0.05) is 29.8 Å². The second kappa shape index (κ2) is 8.83. The lowest BCUT2D eigenvalue weighted by Crippen LogP contribution is -2.13. The lowest BCUT2D eigenvalue weighted by molar-refractivity contribution is -0.114. The first-order valence-electron chi connectivity index (χ1n) is 8.32. The van der Waals surface area contributed by atoms with Crippen LogP contribution in [0.25, 0.3) is 11.3 Å². The van der Waals surface area contributed by atoms with Gasteiger partial charge in [0.25, 0.3) is 0 Å². The molecule has 0 aliphatic carbocycles. The number of hydrogen-bond acceptors (Lipinski definition) is 5. The lowest BCUT2D eigenvalue weighted by atomic mass is 10.1. The third-order valence-electron chi connectivity index (χ3n) is 3.64. The topological polar surface area (TPSA) is 71.1 Å². The van der Waals surface area contributed by atoms with E-state index in [2.05, 4.69) is 15.6 Å². The zero-order chi connectivity index (χ0) is 19.2. The minimum Gasteiger partial charge on any atom is -0.326 e. The molecule has 2 N–H and O–H groups in total. The van der Waals surface area contributed by atoms with Gasteiger partial charge in [-0.2, -0.15) is 0 Å². The van der Waals surface area contributed by atoms with Crippen LogP contribution in [0.5, 0.6) is 0 Å². The van der Waals surface area contributed by atoms with E-state index in [0.717, 1.165) is 21.8 Å². The van der Waals surface area contributed by atoms with Crippen molar-refractivity contribution in [2.24, 2.45) is 0 Å². The molecule has 0 aliphatic heterocycles. The summed E-state index contributed by atoms with van der Waals surface area (Å²) in [4.78, 5) is 28.7. The van der Waals surface area contributed by atoms with Gasteiger partial charge < -0.3 is 10.6 Å². The number of rotatable bonds is 6. The minimum atomic E-state index is -0.107. The van der Waals surface area contributed by atoms with Crippen molar-refractivity contribution in [1.29, 1.82) is 0 Å². The van der Waals surface area contributed by atoms with Gasteiger partial charge in [0, 0.05) is 28.5 Å². The van der Waals surface area contributed by atoms with E-state index in [1.165, 1.54) is 35.6 Å². The fourth-order valence-corrected chi connectivity index (χ4v) is 3.76. The summed E-state index contributed by atoms with van der Waals surface area (Å²) >= 11 is 2.89. The summed E-state index contributed by atoms with van der Waals surface area (Å²) in [6.45, 7) is 3.51. The number of nitrogens with one attached hydrogen (secondary N) is 2. The summed E-state index contributed by atoms with van der Waals surface area (Å²) in [6, 6.07) is 15.5. The molecule has 0 bridgehead atoms.